The van der Waals surface area contributed by atoms with E-state index in [4.69, 9.17) is 14.9 Å². The molecule has 0 radical (unpaired) electrons. The van der Waals surface area contributed by atoms with Crippen molar-refractivity contribution in [3.05, 3.63) is 59.7 Å². The van der Waals surface area contributed by atoms with Gasteiger partial charge >= 0.3 is 12.1 Å². The van der Waals surface area contributed by atoms with Gasteiger partial charge in [-0.3, -0.25) is 4.79 Å². The molecule has 2 aromatic rings. The number of amides is 2. The van der Waals surface area contributed by atoms with E-state index in [1.807, 2.05) is 36.4 Å². The van der Waals surface area contributed by atoms with Crippen molar-refractivity contribution in [1.29, 1.82) is 0 Å². The minimum Gasteiger partial charge on any atom is -0.480 e. The number of alkyl carbamates (subject to hydrolysis) is 1. The summed E-state index contributed by atoms with van der Waals surface area (Å²) in [4.78, 5) is 36.0. The molecule has 2 aliphatic carbocycles. The van der Waals surface area contributed by atoms with Crippen LogP contribution < -0.4 is 10.6 Å². The van der Waals surface area contributed by atoms with Gasteiger partial charge in [-0.05, 0) is 41.0 Å². The van der Waals surface area contributed by atoms with Gasteiger partial charge in [0.25, 0.3) is 0 Å². The molecule has 8 heteroatoms. The first kappa shape index (κ1) is 22.8. The Morgan fingerprint density at radius 3 is 2.09 bits per heavy atom. The second kappa shape index (κ2) is 10.0. The summed E-state index contributed by atoms with van der Waals surface area (Å²) in [5.74, 6) is -1.77. The van der Waals surface area contributed by atoms with Gasteiger partial charge in [-0.2, -0.15) is 0 Å². The Morgan fingerprint density at radius 1 is 0.970 bits per heavy atom. The van der Waals surface area contributed by atoms with Crippen LogP contribution in [0.2, 0.25) is 0 Å². The number of carboxylic acids is 1. The van der Waals surface area contributed by atoms with E-state index in [1.165, 1.54) is 0 Å². The Labute approximate surface area is 192 Å². The van der Waals surface area contributed by atoms with Crippen LogP contribution in [0.25, 0.3) is 11.1 Å². The number of hydrogen-bond acceptors (Lipinski definition) is 5. The number of ether oxygens (including phenoxy) is 1. The highest BCUT2D eigenvalue weighted by molar-refractivity contribution is 5.84. The number of carboxylic acid groups (broad SMARTS) is 1. The van der Waals surface area contributed by atoms with Gasteiger partial charge in [0.2, 0.25) is 5.91 Å². The summed E-state index contributed by atoms with van der Waals surface area (Å²) in [6.45, 7) is -0.524. The van der Waals surface area contributed by atoms with Crippen molar-refractivity contribution in [2.24, 2.45) is 5.92 Å². The van der Waals surface area contributed by atoms with Gasteiger partial charge in [-0.15, -0.1) is 0 Å². The van der Waals surface area contributed by atoms with E-state index in [0.717, 1.165) is 41.5 Å². The molecule has 2 atom stereocenters. The summed E-state index contributed by atoms with van der Waals surface area (Å²) in [5.41, 5.74) is 4.52. The lowest BCUT2D eigenvalue weighted by Crippen LogP contribution is -2.49. The predicted octanol–water partition coefficient (Wildman–Crippen LogP) is 2.65. The summed E-state index contributed by atoms with van der Waals surface area (Å²) in [5, 5.41) is 23.2. The smallest absolute Gasteiger partial charge is 0.407 e. The average molecular weight is 453 g/mol. The summed E-state index contributed by atoms with van der Waals surface area (Å²) < 4.78 is 5.60. The molecule has 2 aromatic carbocycles. The molecule has 0 bridgehead atoms. The molecule has 8 nitrogen and oxygen atoms in total. The molecular weight excluding hydrogens is 424 g/mol. The van der Waals surface area contributed by atoms with Gasteiger partial charge in [0.1, 0.15) is 12.6 Å². The van der Waals surface area contributed by atoms with E-state index in [2.05, 4.69) is 22.8 Å². The Balaban J connectivity index is 1.37. The number of nitrogens with one attached hydrogen (secondary N) is 2. The molecule has 1 saturated carbocycles. The Morgan fingerprint density at radius 2 is 1.58 bits per heavy atom. The van der Waals surface area contributed by atoms with Gasteiger partial charge in [0.15, 0.2) is 0 Å². The number of carbonyl (C=O) groups excluding carboxylic acids is 2. The van der Waals surface area contributed by atoms with E-state index in [0.29, 0.717) is 0 Å². The maximum absolute atomic E-state index is 12.6. The van der Waals surface area contributed by atoms with Crippen molar-refractivity contribution >= 4 is 18.0 Å². The van der Waals surface area contributed by atoms with Crippen LogP contribution in [0.4, 0.5) is 4.79 Å². The van der Waals surface area contributed by atoms with Crippen molar-refractivity contribution in [3.8, 4) is 11.1 Å². The topological polar surface area (TPSA) is 125 Å². The van der Waals surface area contributed by atoms with Crippen LogP contribution in [0.1, 0.15) is 42.7 Å². The van der Waals surface area contributed by atoms with Crippen molar-refractivity contribution < 1.29 is 29.3 Å². The van der Waals surface area contributed by atoms with Crippen molar-refractivity contribution in [2.75, 3.05) is 13.2 Å². The van der Waals surface area contributed by atoms with Gasteiger partial charge < -0.3 is 25.6 Å². The van der Waals surface area contributed by atoms with Crippen LogP contribution in [-0.4, -0.2) is 53.5 Å². The molecule has 0 aliphatic heterocycles. The first-order chi connectivity index (χ1) is 16.0. The van der Waals surface area contributed by atoms with Crippen LogP contribution in [0, 0.1) is 5.92 Å². The van der Waals surface area contributed by atoms with Gasteiger partial charge in [0, 0.05) is 18.4 Å². The number of aliphatic hydroxyl groups excluding tert-OH is 1. The van der Waals surface area contributed by atoms with E-state index >= 15 is 0 Å². The number of hydrogen-bond donors (Lipinski definition) is 4. The average Bonchev–Trinajstić information content (AvgIpc) is 3.08. The lowest BCUT2D eigenvalue weighted by Gasteiger charge is -2.34. The first-order valence-electron chi connectivity index (χ1n) is 11.2. The molecule has 1 unspecified atom stereocenters. The standard InChI is InChI=1S/C25H28N2O6/c28-13-22(24(30)31)26-23(29)12-21(15-6-5-7-15)27-25(32)33-14-20-18-10-3-1-8-16(18)17-9-2-4-11-19(17)20/h1-4,8-11,15,20-22,28H,5-7,12-14H2,(H,26,29)(H,27,32)(H,30,31)/t21?,22-/m0/s1. The fourth-order valence-corrected chi connectivity index (χ4v) is 4.61. The number of fused-ring (bicyclic) bond motifs is 3. The normalized spacial score (nSPS) is 16.6. The summed E-state index contributed by atoms with van der Waals surface area (Å²) in [7, 11) is 0. The predicted molar refractivity (Wildman–Crippen MR) is 121 cm³/mol. The highest BCUT2D eigenvalue weighted by atomic mass is 16.5. The van der Waals surface area contributed by atoms with Crippen LogP contribution in [0.15, 0.2) is 48.5 Å². The molecule has 4 N–H and O–H groups in total. The maximum atomic E-state index is 12.6. The number of rotatable bonds is 9. The Kier molecular flexibility index (Phi) is 6.93. The molecule has 0 saturated heterocycles. The fraction of sp³-hybridized carbons (Fsp3) is 0.400. The zero-order chi connectivity index (χ0) is 23.4. The van der Waals surface area contributed by atoms with Crippen LogP contribution in [0.3, 0.4) is 0 Å². The van der Waals surface area contributed by atoms with Crippen LogP contribution in [-0.2, 0) is 14.3 Å². The molecule has 0 spiro atoms. The molecule has 0 heterocycles. The second-order valence-corrected chi connectivity index (χ2v) is 8.61. The molecule has 4 rings (SSSR count). The third-order valence-electron chi connectivity index (χ3n) is 6.59. The molecule has 2 amide bonds. The van der Waals surface area contributed by atoms with E-state index < -0.39 is 36.7 Å². The third kappa shape index (κ3) is 5.01. The summed E-state index contributed by atoms with van der Waals surface area (Å²) >= 11 is 0. The number of aliphatic hydroxyl groups is 1. The maximum Gasteiger partial charge on any atom is 0.407 e. The number of benzene rings is 2. The van der Waals surface area contributed by atoms with Crippen molar-refractivity contribution in [1.82, 2.24) is 10.6 Å². The molecule has 33 heavy (non-hydrogen) atoms. The zero-order valence-electron chi connectivity index (χ0n) is 18.2. The Bertz CT molecular complexity index is 990. The van der Waals surface area contributed by atoms with Gasteiger partial charge in [-0.25, -0.2) is 9.59 Å². The summed E-state index contributed by atoms with van der Waals surface area (Å²) in [6.07, 6.45) is 2.11. The monoisotopic (exact) mass is 452 g/mol. The van der Waals surface area contributed by atoms with Crippen molar-refractivity contribution in [3.63, 3.8) is 0 Å². The minimum atomic E-state index is -1.37. The van der Waals surface area contributed by atoms with Crippen LogP contribution >= 0.6 is 0 Å². The molecule has 2 aliphatic rings. The largest absolute Gasteiger partial charge is 0.480 e. The molecule has 174 valence electrons. The zero-order valence-corrected chi connectivity index (χ0v) is 18.2. The minimum absolute atomic E-state index is 0.0607. The molecule has 0 aromatic heterocycles. The van der Waals surface area contributed by atoms with Gasteiger partial charge in [-0.1, -0.05) is 55.0 Å². The number of aliphatic carboxylic acids is 1. The lowest BCUT2D eigenvalue weighted by molar-refractivity contribution is -0.143. The highest BCUT2D eigenvalue weighted by Gasteiger charge is 2.33. The first-order valence-corrected chi connectivity index (χ1v) is 11.2. The third-order valence-corrected chi connectivity index (χ3v) is 6.59. The molecule has 1 fully saturated rings. The quantitative estimate of drug-likeness (QED) is 0.464. The molecular formula is C25H28N2O6. The second-order valence-electron chi connectivity index (χ2n) is 8.61. The fourth-order valence-electron chi connectivity index (χ4n) is 4.61. The van der Waals surface area contributed by atoms with Crippen LogP contribution in [0.5, 0.6) is 0 Å². The van der Waals surface area contributed by atoms with Gasteiger partial charge in [0.05, 0.1) is 6.61 Å². The van der Waals surface area contributed by atoms with E-state index in [1.54, 1.807) is 0 Å². The van der Waals surface area contributed by atoms with E-state index in [-0.39, 0.29) is 24.9 Å². The SMILES string of the molecule is O=C(CC(NC(=O)OCC1c2ccccc2-c2ccccc21)C1CCC1)N[C@@H](CO)C(=O)O. The summed E-state index contributed by atoms with van der Waals surface area (Å²) in [6, 6.07) is 14.3. The highest BCUT2D eigenvalue weighted by Crippen LogP contribution is 2.44. The van der Waals surface area contributed by atoms with Crippen molar-refractivity contribution in [2.45, 2.75) is 43.7 Å². The Hall–Kier alpha value is -3.39. The van der Waals surface area contributed by atoms with E-state index in [9.17, 15) is 14.4 Å². The lowest BCUT2D eigenvalue weighted by atomic mass is 9.78. The number of carbonyl (C=O) groups is 3.